The molecule has 0 saturated heterocycles. The Hall–Kier alpha value is -4.34. The molecule has 178 valence electrons. The summed E-state index contributed by atoms with van der Waals surface area (Å²) in [6.07, 6.45) is 3.38. The number of hydrogen-bond acceptors (Lipinski definition) is 6. The van der Waals surface area contributed by atoms with Crippen LogP contribution in [0, 0.1) is 0 Å². The van der Waals surface area contributed by atoms with Crippen molar-refractivity contribution in [1.29, 1.82) is 0 Å². The van der Waals surface area contributed by atoms with Gasteiger partial charge in [-0.2, -0.15) is 16.4 Å². The zero-order valence-corrected chi connectivity index (χ0v) is 20.6. The van der Waals surface area contributed by atoms with E-state index in [1.165, 1.54) is 11.1 Å². The summed E-state index contributed by atoms with van der Waals surface area (Å²) in [5.41, 5.74) is 8.87. The van der Waals surface area contributed by atoms with Crippen molar-refractivity contribution in [2.24, 2.45) is 0 Å². The average molecular weight is 494 g/mol. The number of thiophene rings is 1. The number of carbonyl (C=O) groups excluding carboxylic acids is 1. The topological polar surface area (TPSA) is 103 Å². The third-order valence-corrected chi connectivity index (χ3v) is 6.62. The average Bonchev–Trinajstić information content (AvgIpc) is 3.62. The van der Waals surface area contributed by atoms with Crippen LogP contribution in [0.5, 0.6) is 0 Å². The number of nitrogens with one attached hydrogen (secondary N) is 3. The first-order chi connectivity index (χ1) is 17.5. The summed E-state index contributed by atoms with van der Waals surface area (Å²) in [5.74, 6) is -0.0971. The molecule has 0 bridgehead atoms. The van der Waals surface area contributed by atoms with E-state index in [1.807, 2.05) is 37.2 Å². The molecule has 5 aromatic heterocycles. The van der Waals surface area contributed by atoms with Crippen LogP contribution in [0.3, 0.4) is 0 Å². The molecule has 0 saturated carbocycles. The fraction of sp³-hybridized carbons (Fsp3) is 0.111. The van der Waals surface area contributed by atoms with Gasteiger partial charge in [-0.3, -0.25) is 14.9 Å². The molecule has 1 amide bonds. The molecule has 0 radical (unpaired) electrons. The number of benzene rings is 1. The largest absolute Gasteiger partial charge is 0.353 e. The summed E-state index contributed by atoms with van der Waals surface area (Å²) in [6, 6.07) is 16.3. The van der Waals surface area contributed by atoms with Gasteiger partial charge in [0.1, 0.15) is 11.2 Å². The van der Waals surface area contributed by atoms with Crippen molar-refractivity contribution in [3.05, 3.63) is 71.7 Å². The van der Waals surface area contributed by atoms with Crippen molar-refractivity contribution in [1.82, 2.24) is 30.0 Å². The van der Waals surface area contributed by atoms with Crippen molar-refractivity contribution in [3.8, 4) is 33.8 Å². The molecule has 0 fully saturated rings. The summed E-state index contributed by atoms with van der Waals surface area (Å²) in [4.78, 5) is 26.7. The lowest BCUT2D eigenvalue weighted by Crippen LogP contribution is -2.27. The molecule has 0 spiro atoms. The number of aromatic amines is 2. The van der Waals surface area contributed by atoms with Gasteiger partial charge in [0, 0.05) is 22.7 Å². The first kappa shape index (κ1) is 22.1. The fourth-order valence-electron chi connectivity index (χ4n) is 4.34. The number of amides is 1. The number of rotatable bonds is 6. The number of H-pyrrole nitrogens is 2. The molecular weight excluding hydrogens is 470 g/mol. The third kappa shape index (κ3) is 4.15. The Morgan fingerprint density at radius 2 is 1.97 bits per heavy atom. The highest BCUT2D eigenvalue weighted by atomic mass is 32.1. The molecule has 0 aliphatic heterocycles. The van der Waals surface area contributed by atoms with Crippen molar-refractivity contribution in [2.75, 3.05) is 26.0 Å². The van der Waals surface area contributed by atoms with E-state index in [9.17, 15) is 4.79 Å². The second-order valence-corrected chi connectivity index (χ2v) is 9.66. The predicted molar refractivity (Wildman–Crippen MR) is 145 cm³/mol. The number of fused-ring (bicyclic) bond motifs is 2. The number of nitrogens with zero attached hydrogens (tertiary/aromatic N) is 4. The lowest BCUT2D eigenvalue weighted by atomic mass is 10.0. The standard InChI is InChI=1S/C27H23N7OS/c1-34(2)14-25(35)29-18-10-17(12-28-13-18)21-6-7-23-26(31-21)27(33-32-23)24-11-20-19(16-8-9-36-15-16)4-3-5-22(20)30-24/h3-13,15,30H,14H2,1-2H3,(H,29,35)(H,32,33). The van der Waals surface area contributed by atoms with Crippen LogP contribution in [0.25, 0.3) is 55.7 Å². The normalized spacial score (nSPS) is 11.5. The van der Waals surface area contributed by atoms with Gasteiger partial charge >= 0.3 is 0 Å². The van der Waals surface area contributed by atoms with E-state index in [4.69, 9.17) is 4.98 Å². The quantitative estimate of drug-likeness (QED) is 0.288. The van der Waals surface area contributed by atoms with Crippen LogP contribution >= 0.6 is 11.3 Å². The van der Waals surface area contributed by atoms with Gasteiger partial charge in [0.15, 0.2) is 0 Å². The molecule has 36 heavy (non-hydrogen) atoms. The first-order valence-electron chi connectivity index (χ1n) is 11.4. The molecule has 6 aromatic rings. The Kier molecular flexibility index (Phi) is 5.55. The number of carbonyl (C=O) groups is 1. The van der Waals surface area contributed by atoms with E-state index in [2.05, 4.69) is 66.6 Å². The highest BCUT2D eigenvalue weighted by Crippen LogP contribution is 2.35. The number of hydrogen-bond donors (Lipinski definition) is 3. The van der Waals surface area contributed by atoms with Crippen molar-refractivity contribution in [3.63, 3.8) is 0 Å². The maximum absolute atomic E-state index is 12.2. The smallest absolute Gasteiger partial charge is 0.238 e. The molecular formula is C27H23N7OS. The number of anilines is 1. The maximum atomic E-state index is 12.2. The zero-order valence-electron chi connectivity index (χ0n) is 19.7. The Balaban J connectivity index is 1.38. The van der Waals surface area contributed by atoms with Gasteiger partial charge in [-0.05, 0) is 72.4 Å². The van der Waals surface area contributed by atoms with Gasteiger partial charge < -0.3 is 15.2 Å². The van der Waals surface area contributed by atoms with Gasteiger partial charge in [0.05, 0.1) is 35.3 Å². The summed E-state index contributed by atoms with van der Waals surface area (Å²) in [7, 11) is 3.71. The molecule has 5 heterocycles. The van der Waals surface area contributed by atoms with E-state index in [-0.39, 0.29) is 5.91 Å². The first-order valence-corrected chi connectivity index (χ1v) is 12.4. The zero-order chi connectivity index (χ0) is 24.6. The van der Waals surface area contributed by atoms with Gasteiger partial charge in [0.2, 0.25) is 5.91 Å². The van der Waals surface area contributed by atoms with E-state index in [1.54, 1.807) is 23.7 Å². The highest BCUT2D eigenvalue weighted by Gasteiger charge is 2.16. The van der Waals surface area contributed by atoms with E-state index in [0.29, 0.717) is 12.2 Å². The monoisotopic (exact) mass is 493 g/mol. The summed E-state index contributed by atoms with van der Waals surface area (Å²) in [6.45, 7) is 0.297. The maximum Gasteiger partial charge on any atom is 0.238 e. The minimum Gasteiger partial charge on any atom is -0.353 e. The highest BCUT2D eigenvalue weighted by molar-refractivity contribution is 7.08. The van der Waals surface area contributed by atoms with Crippen LogP contribution in [-0.4, -0.2) is 56.6 Å². The summed E-state index contributed by atoms with van der Waals surface area (Å²) < 4.78 is 0. The Labute approximate surface area is 211 Å². The Morgan fingerprint density at radius 3 is 2.81 bits per heavy atom. The predicted octanol–water partition coefficient (Wildman–Crippen LogP) is 5.40. The molecule has 0 aliphatic carbocycles. The summed E-state index contributed by atoms with van der Waals surface area (Å²) >= 11 is 1.69. The van der Waals surface area contributed by atoms with Crippen molar-refractivity contribution >= 4 is 44.9 Å². The van der Waals surface area contributed by atoms with Gasteiger partial charge in [0.25, 0.3) is 0 Å². The van der Waals surface area contributed by atoms with Crippen LogP contribution in [0.4, 0.5) is 5.69 Å². The lowest BCUT2D eigenvalue weighted by molar-refractivity contribution is -0.116. The van der Waals surface area contributed by atoms with Gasteiger partial charge in [-0.1, -0.05) is 12.1 Å². The Morgan fingerprint density at radius 1 is 1.06 bits per heavy atom. The van der Waals surface area contributed by atoms with Crippen LogP contribution in [-0.2, 0) is 4.79 Å². The van der Waals surface area contributed by atoms with E-state index >= 15 is 0 Å². The van der Waals surface area contributed by atoms with Crippen molar-refractivity contribution in [2.45, 2.75) is 0 Å². The van der Waals surface area contributed by atoms with Gasteiger partial charge in [-0.25, -0.2) is 4.98 Å². The van der Waals surface area contributed by atoms with E-state index < -0.39 is 0 Å². The molecule has 0 unspecified atom stereocenters. The molecule has 6 rings (SSSR count). The Bertz CT molecular complexity index is 1700. The number of pyridine rings is 2. The fourth-order valence-corrected chi connectivity index (χ4v) is 4.99. The number of likely N-dealkylation sites (N-methyl/N-ethyl adjacent to an activating group) is 1. The third-order valence-electron chi connectivity index (χ3n) is 5.94. The second-order valence-electron chi connectivity index (χ2n) is 8.87. The molecule has 0 atom stereocenters. The SMILES string of the molecule is CN(C)CC(=O)Nc1cncc(-c2ccc3[nH]nc(-c4cc5c(-c6ccsc6)cccc5[nH]4)c3n2)c1. The van der Waals surface area contributed by atoms with Crippen molar-refractivity contribution < 1.29 is 4.79 Å². The summed E-state index contributed by atoms with van der Waals surface area (Å²) in [5, 5.41) is 16.0. The van der Waals surface area contributed by atoms with Gasteiger partial charge in [-0.15, -0.1) is 0 Å². The second kappa shape index (κ2) is 9.03. The minimum atomic E-state index is -0.0971. The van der Waals surface area contributed by atoms with Crippen LogP contribution < -0.4 is 5.32 Å². The van der Waals surface area contributed by atoms with Crippen LogP contribution in [0.2, 0.25) is 0 Å². The molecule has 8 nitrogen and oxygen atoms in total. The number of aromatic nitrogens is 5. The van der Waals surface area contributed by atoms with E-state index in [0.717, 1.165) is 44.6 Å². The minimum absolute atomic E-state index is 0.0971. The molecule has 1 aromatic carbocycles. The lowest BCUT2D eigenvalue weighted by Gasteiger charge is -2.10. The van der Waals surface area contributed by atoms with Crippen LogP contribution in [0.15, 0.2) is 71.7 Å². The molecule has 9 heteroatoms. The molecule has 3 N–H and O–H groups in total. The van der Waals surface area contributed by atoms with Crippen LogP contribution in [0.1, 0.15) is 0 Å². The molecule has 0 aliphatic rings.